The summed E-state index contributed by atoms with van der Waals surface area (Å²) in [5.41, 5.74) is -1.59. The fourth-order valence-electron chi connectivity index (χ4n) is 3.37. The number of nitro benzene ring substituents is 2. The highest BCUT2D eigenvalue weighted by atomic mass is 16.6. The summed E-state index contributed by atoms with van der Waals surface area (Å²) in [6, 6.07) is 12.3. The van der Waals surface area contributed by atoms with Crippen molar-refractivity contribution in [3.63, 3.8) is 0 Å². The van der Waals surface area contributed by atoms with Crippen LogP contribution in [0.1, 0.15) is 31.8 Å². The monoisotopic (exact) mass is 486 g/mol. The minimum atomic E-state index is -0.679. The lowest BCUT2D eigenvalue weighted by molar-refractivity contribution is -0.385. The Balaban J connectivity index is 1.85. The van der Waals surface area contributed by atoms with Crippen molar-refractivity contribution in [1.82, 2.24) is 0 Å². The first-order valence-electron chi connectivity index (χ1n) is 10.1. The summed E-state index contributed by atoms with van der Waals surface area (Å²) in [5, 5.41) is 42.2. The molecule has 0 spiro atoms. The van der Waals surface area contributed by atoms with Crippen LogP contribution in [0.15, 0.2) is 82.0 Å². The van der Waals surface area contributed by atoms with Crippen LogP contribution in [0.4, 0.5) is 11.4 Å². The van der Waals surface area contributed by atoms with Gasteiger partial charge in [-0.25, -0.2) is 9.98 Å². The average Bonchev–Trinajstić information content (AvgIpc) is 2.86. The highest BCUT2D eigenvalue weighted by Crippen LogP contribution is 2.29. The first kappa shape index (κ1) is 23.6. The second-order valence-electron chi connectivity index (χ2n) is 7.42. The van der Waals surface area contributed by atoms with Crippen molar-refractivity contribution in [3.8, 4) is 11.5 Å². The van der Waals surface area contributed by atoms with E-state index in [2.05, 4.69) is 9.98 Å². The molecule has 12 heteroatoms. The van der Waals surface area contributed by atoms with Crippen LogP contribution in [0.5, 0.6) is 11.5 Å². The number of hydrogen-bond acceptors (Lipinski definition) is 10. The van der Waals surface area contributed by atoms with Crippen molar-refractivity contribution >= 4 is 35.4 Å². The predicted octanol–water partition coefficient (Wildman–Crippen LogP) is 3.74. The van der Waals surface area contributed by atoms with Gasteiger partial charge in [-0.15, -0.1) is 0 Å². The lowest BCUT2D eigenvalue weighted by Gasteiger charge is -2.16. The zero-order valence-electron chi connectivity index (χ0n) is 18.1. The summed E-state index contributed by atoms with van der Waals surface area (Å²) in [4.78, 5) is 55.1. The molecule has 1 aliphatic carbocycles. The molecule has 0 aromatic heterocycles. The number of hydrogen-bond donors (Lipinski definition) is 2. The van der Waals surface area contributed by atoms with Gasteiger partial charge in [0.1, 0.15) is 22.9 Å². The van der Waals surface area contributed by atoms with E-state index in [9.17, 15) is 40.0 Å². The van der Waals surface area contributed by atoms with E-state index in [-0.39, 0.29) is 45.1 Å². The molecule has 12 nitrogen and oxygen atoms in total. The van der Waals surface area contributed by atoms with Gasteiger partial charge in [-0.1, -0.05) is 24.3 Å². The number of phenolic OH excluding ortho intramolecular Hbond substituents is 2. The Hall–Kier alpha value is -5.52. The summed E-state index contributed by atoms with van der Waals surface area (Å²) < 4.78 is 0. The van der Waals surface area contributed by atoms with Crippen LogP contribution in [0, 0.1) is 20.2 Å². The standard InChI is InChI=1S/C24H14N4O8/c29-19-7-5-15(27(33)34)9-13(19)11-25-21-22(24(32)18-4-2-1-3-17(18)23(21)31)26-12-14-10-16(28(35)36)6-8-20(14)30/h1-12,29-30H. The number of aliphatic imine (C=N–C) groups is 2. The summed E-state index contributed by atoms with van der Waals surface area (Å²) in [6.45, 7) is 0. The van der Waals surface area contributed by atoms with Crippen LogP contribution in [-0.4, -0.2) is 44.1 Å². The number of nitrogens with zero attached hydrogens (tertiary/aromatic N) is 4. The molecule has 0 amide bonds. The highest BCUT2D eigenvalue weighted by Gasteiger charge is 2.32. The molecule has 0 saturated heterocycles. The first-order chi connectivity index (χ1) is 17.2. The molecule has 4 rings (SSSR count). The van der Waals surface area contributed by atoms with Crippen molar-refractivity contribution in [3.05, 3.63) is 115 Å². The maximum Gasteiger partial charge on any atom is 0.270 e. The van der Waals surface area contributed by atoms with E-state index in [1.54, 1.807) is 12.1 Å². The summed E-state index contributed by atoms with van der Waals surface area (Å²) in [6.07, 6.45) is 1.97. The second-order valence-corrected chi connectivity index (χ2v) is 7.42. The number of benzene rings is 3. The first-order valence-corrected chi connectivity index (χ1v) is 10.1. The number of carbonyl (C=O) groups is 2. The summed E-state index contributed by atoms with van der Waals surface area (Å²) >= 11 is 0. The Morgan fingerprint density at radius 1 is 0.667 bits per heavy atom. The normalized spacial score (nSPS) is 13.4. The van der Waals surface area contributed by atoms with Gasteiger partial charge in [0.15, 0.2) is 0 Å². The number of aromatic hydroxyl groups is 2. The molecule has 3 aromatic rings. The number of phenols is 2. The minimum absolute atomic E-state index is 0.0510. The number of rotatable bonds is 6. The lowest BCUT2D eigenvalue weighted by Crippen LogP contribution is -2.20. The van der Waals surface area contributed by atoms with Gasteiger partial charge in [0, 0.05) is 58.9 Å². The second kappa shape index (κ2) is 9.38. The molecule has 0 fully saturated rings. The molecule has 178 valence electrons. The number of carbonyl (C=O) groups excluding carboxylic acids is 2. The van der Waals surface area contributed by atoms with Gasteiger partial charge in [0.05, 0.1) is 9.85 Å². The van der Waals surface area contributed by atoms with E-state index in [0.29, 0.717) is 0 Å². The molecular formula is C24H14N4O8. The van der Waals surface area contributed by atoms with Crippen LogP contribution in [0.2, 0.25) is 0 Å². The molecule has 3 aromatic carbocycles. The Morgan fingerprint density at radius 3 is 1.42 bits per heavy atom. The molecule has 0 atom stereocenters. The van der Waals surface area contributed by atoms with Crippen LogP contribution >= 0.6 is 0 Å². The molecule has 0 saturated carbocycles. The number of non-ortho nitro benzene ring substituents is 2. The SMILES string of the molecule is O=C1C(N=Cc2cc([N+](=O)[O-])ccc2O)=C(N=Cc2cc([N+](=O)[O-])ccc2O)C(=O)c2ccccc21. The fourth-order valence-corrected chi connectivity index (χ4v) is 3.37. The van der Waals surface area contributed by atoms with Gasteiger partial charge in [-0.05, 0) is 12.1 Å². The Morgan fingerprint density at radius 2 is 1.06 bits per heavy atom. The van der Waals surface area contributed by atoms with Gasteiger partial charge in [0.25, 0.3) is 11.4 Å². The molecule has 2 N–H and O–H groups in total. The molecule has 36 heavy (non-hydrogen) atoms. The zero-order valence-corrected chi connectivity index (χ0v) is 18.1. The third-order valence-corrected chi connectivity index (χ3v) is 5.18. The molecule has 0 radical (unpaired) electrons. The number of ketones is 2. The topological polar surface area (TPSA) is 186 Å². The van der Waals surface area contributed by atoms with Gasteiger partial charge in [0.2, 0.25) is 11.6 Å². The number of nitro groups is 2. The van der Waals surface area contributed by atoms with E-state index in [1.165, 1.54) is 12.1 Å². The molecule has 0 bridgehead atoms. The van der Waals surface area contributed by atoms with Gasteiger partial charge in [-0.2, -0.15) is 0 Å². The van der Waals surface area contributed by atoms with Crippen LogP contribution < -0.4 is 0 Å². The predicted molar refractivity (Wildman–Crippen MR) is 127 cm³/mol. The van der Waals surface area contributed by atoms with E-state index in [0.717, 1.165) is 48.8 Å². The van der Waals surface area contributed by atoms with Gasteiger partial charge >= 0.3 is 0 Å². The number of fused-ring (bicyclic) bond motifs is 1. The van der Waals surface area contributed by atoms with Crippen molar-refractivity contribution in [2.45, 2.75) is 0 Å². The molecule has 1 aliphatic rings. The minimum Gasteiger partial charge on any atom is -0.507 e. The molecule has 0 aliphatic heterocycles. The van der Waals surface area contributed by atoms with E-state index in [1.807, 2.05) is 0 Å². The Labute approximate surface area is 201 Å². The zero-order chi connectivity index (χ0) is 26.0. The lowest BCUT2D eigenvalue weighted by atomic mass is 9.90. The highest BCUT2D eigenvalue weighted by molar-refractivity contribution is 6.27. The third kappa shape index (κ3) is 4.46. The summed E-state index contributed by atoms with van der Waals surface area (Å²) in [5.74, 6) is -2.07. The van der Waals surface area contributed by atoms with Crippen LogP contribution in [0.25, 0.3) is 0 Å². The van der Waals surface area contributed by atoms with Crippen molar-refractivity contribution in [1.29, 1.82) is 0 Å². The van der Waals surface area contributed by atoms with Crippen molar-refractivity contribution in [2.24, 2.45) is 9.98 Å². The summed E-state index contributed by atoms with van der Waals surface area (Å²) in [7, 11) is 0. The maximum atomic E-state index is 13.2. The number of allylic oxidation sites excluding steroid dienone is 2. The smallest absolute Gasteiger partial charge is 0.270 e. The molecule has 0 heterocycles. The fraction of sp³-hybridized carbons (Fsp3) is 0. The number of Topliss-reactive ketones (excluding diaryl/α,β-unsaturated/α-hetero) is 2. The molecular weight excluding hydrogens is 472 g/mol. The van der Waals surface area contributed by atoms with E-state index < -0.39 is 32.8 Å². The average molecular weight is 486 g/mol. The maximum absolute atomic E-state index is 13.2. The Kier molecular flexibility index (Phi) is 6.16. The largest absolute Gasteiger partial charge is 0.507 e. The quantitative estimate of drug-likeness (QED) is 0.299. The molecule has 0 unspecified atom stereocenters. The Bertz CT molecular complexity index is 1440. The van der Waals surface area contributed by atoms with Gasteiger partial charge < -0.3 is 10.2 Å². The van der Waals surface area contributed by atoms with E-state index in [4.69, 9.17) is 0 Å². The van der Waals surface area contributed by atoms with Crippen LogP contribution in [0.3, 0.4) is 0 Å². The van der Waals surface area contributed by atoms with Crippen LogP contribution in [-0.2, 0) is 0 Å². The van der Waals surface area contributed by atoms with Crippen molar-refractivity contribution in [2.75, 3.05) is 0 Å². The third-order valence-electron chi connectivity index (χ3n) is 5.18. The van der Waals surface area contributed by atoms with Gasteiger partial charge in [-0.3, -0.25) is 29.8 Å². The van der Waals surface area contributed by atoms with E-state index >= 15 is 0 Å². The van der Waals surface area contributed by atoms with Crippen molar-refractivity contribution < 1.29 is 29.6 Å².